The average Bonchev–Trinajstić information content (AvgIpc) is 2.54. The van der Waals surface area contributed by atoms with E-state index in [1.54, 1.807) is 31.4 Å². The molecule has 0 fully saturated rings. The number of aryl methyl sites for hydroxylation is 1. The highest BCUT2D eigenvalue weighted by Gasteiger charge is 2.11. The molecule has 116 valence electrons. The Balaban J connectivity index is 1.87. The van der Waals surface area contributed by atoms with Crippen molar-refractivity contribution in [2.24, 2.45) is 0 Å². The lowest BCUT2D eigenvalue weighted by atomic mass is 10.2. The lowest BCUT2D eigenvalue weighted by Gasteiger charge is -2.16. The van der Waals surface area contributed by atoms with E-state index in [2.05, 4.69) is 5.32 Å². The minimum atomic E-state index is -0.122. The normalized spacial score (nSPS) is 11.6. The number of para-hydroxylation sites is 1. The van der Waals surface area contributed by atoms with Gasteiger partial charge in [-0.3, -0.25) is 4.79 Å². The topological polar surface area (TPSA) is 47.6 Å². The molecule has 0 aliphatic carbocycles. The third-order valence-electron chi connectivity index (χ3n) is 3.31. The van der Waals surface area contributed by atoms with Gasteiger partial charge in [0.05, 0.1) is 13.2 Å². The zero-order chi connectivity index (χ0) is 15.9. The summed E-state index contributed by atoms with van der Waals surface area (Å²) >= 11 is 0. The summed E-state index contributed by atoms with van der Waals surface area (Å²) in [7, 11) is 1.60. The molecule has 1 atom stereocenters. The minimum absolute atomic E-state index is 0.0887. The Morgan fingerprint density at radius 3 is 2.45 bits per heavy atom. The van der Waals surface area contributed by atoms with Crippen LogP contribution in [0.4, 0.5) is 0 Å². The van der Waals surface area contributed by atoms with Gasteiger partial charge < -0.3 is 14.8 Å². The predicted molar refractivity (Wildman–Crippen MR) is 86.6 cm³/mol. The number of methoxy groups -OCH3 is 1. The van der Waals surface area contributed by atoms with Crippen LogP contribution in [0.2, 0.25) is 0 Å². The standard InChI is InChI=1S/C18H21NO3/c1-13-6-4-5-7-17(13)22-12-14(2)19-18(20)15-8-10-16(21-3)11-9-15/h4-11,14H,12H2,1-3H3,(H,19,20)/t14-/m0/s1. The number of hydrogen-bond acceptors (Lipinski definition) is 3. The van der Waals surface area contributed by atoms with Crippen molar-refractivity contribution < 1.29 is 14.3 Å². The molecule has 0 saturated heterocycles. The van der Waals surface area contributed by atoms with E-state index >= 15 is 0 Å². The molecule has 1 amide bonds. The first-order valence-electron chi connectivity index (χ1n) is 7.23. The Kier molecular flexibility index (Phi) is 5.42. The molecule has 0 spiro atoms. The van der Waals surface area contributed by atoms with E-state index in [1.807, 2.05) is 38.1 Å². The number of carbonyl (C=O) groups is 1. The van der Waals surface area contributed by atoms with E-state index in [0.29, 0.717) is 12.2 Å². The number of rotatable bonds is 6. The molecule has 0 aliphatic rings. The van der Waals surface area contributed by atoms with Crippen molar-refractivity contribution in [2.75, 3.05) is 13.7 Å². The maximum atomic E-state index is 12.1. The van der Waals surface area contributed by atoms with Crippen molar-refractivity contribution in [3.8, 4) is 11.5 Å². The van der Waals surface area contributed by atoms with Crippen molar-refractivity contribution >= 4 is 5.91 Å². The maximum Gasteiger partial charge on any atom is 0.251 e. The fourth-order valence-electron chi connectivity index (χ4n) is 2.02. The fraction of sp³-hybridized carbons (Fsp3) is 0.278. The molecule has 1 N–H and O–H groups in total. The lowest BCUT2D eigenvalue weighted by Crippen LogP contribution is -2.36. The molecule has 2 rings (SSSR count). The second kappa shape index (κ2) is 7.50. The molecule has 0 unspecified atom stereocenters. The quantitative estimate of drug-likeness (QED) is 0.891. The highest BCUT2D eigenvalue weighted by atomic mass is 16.5. The van der Waals surface area contributed by atoms with Gasteiger partial charge in [-0.05, 0) is 49.7 Å². The van der Waals surface area contributed by atoms with Gasteiger partial charge in [-0.15, -0.1) is 0 Å². The van der Waals surface area contributed by atoms with Crippen molar-refractivity contribution in [1.82, 2.24) is 5.32 Å². The van der Waals surface area contributed by atoms with Crippen LogP contribution in [0.3, 0.4) is 0 Å². The molecule has 0 bridgehead atoms. The highest BCUT2D eigenvalue weighted by Crippen LogP contribution is 2.16. The third kappa shape index (κ3) is 4.25. The first-order chi connectivity index (χ1) is 10.6. The molecular weight excluding hydrogens is 278 g/mol. The van der Waals surface area contributed by atoms with Gasteiger partial charge in [0.15, 0.2) is 0 Å². The minimum Gasteiger partial charge on any atom is -0.497 e. The summed E-state index contributed by atoms with van der Waals surface area (Å²) in [6, 6.07) is 14.7. The van der Waals surface area contributed by atoms with Crippen LogP contribution in [-0.4, -0.2) is 25.7 Å². The van der Waals surface area contributed by atoms with Gasteiger partial charge >= 0.3 is 0 Å². The van der Waals surface area contributed by atoms with Crippen LogP contribution in [0, 0.1) is 6.92 Å². The maximum absolute atomic E-state index is 12.1. The van der Waals surface area contributed by atoms with E-state index < -0.39 is 0 Å². The Hall–Kier alpha value is -2.49. The van der Waals surface area contributed by atoms with E-state index in [9.17, 15) is 4.79 Å². The molecule has 4 heteroatoms. The summed E-state index contributed by atoms with van der Waals surface area (Å²) in [5, 5.41) is 2.92. The number of carbonyl (C=O) groups excluding carboxylic acids is 1. The monoisotopic (exact) mass is 299 g/mol. The molecule has 0 saturated carbocycles. The van der Waals surface area contributed by atoms with E-state index in [0.717, 1.165) is 17.1 Å². The van der Waals surface area contributed by atoms with Crippen molar-refractivity contribution in [3.05, 3.63) is 59.7 Å². The van der Waals surface area contributed by atoms with Crippen molar-refractivity contribution in [1.29, 1.82) is 0 Å². The second-order valence-corrected chi connectivity index (χ2v) is 5.18. The van der Waals surface area contributed by atoms with E-state index in [-0.39, 0.29) is 11.9 Å². The Labute approximate surface area is 131 Å². The van der Waals surface area contributed by atoms with Crippen LogP contribution in [0.5, 0.6) is 11.5 Å². The van der Waals surface area contributed by atoms with Crippen molar-refractivity contribution in [3.63, 3.8) is 0 Å². The summed E-state index contributed by atoms with van der Waals surface area (Å²) in [6.07, 6.45) is 0. The summed E-state index contributed by atoms with van der Waals surface area (Å²) in [6.45, 7) is 4.34. The molecule has 0 heterocycles. The lowest BCUT2D eigenvalue weighted by molar-refractivity contribution is 0.0926. The van der Waals surface area contributed by atoms with Crippen molar-refractivity contribution in [2.45, 2.75) is 19.9 Å². The van der Waals surface area contributed by atoms with E-state index in [1.165, 1.54) is 0 Å². The number of amides is 1. The number of ether oxygens (including phenoxy) is 2. The summed E-state index contributed by atoms with van der Waals surface area (Å²) in [5.41, 5.74) is 1.68. The zero-order valence-corrected chi connectivity index (χ0v) is 13.1. The van der Waals surface area contributed by atoms with Gasteiger partial charge in [-0.2, -0.15) is 0 Å². The van der Waals surface area contributed by atoms with Crippen LogP contribution in [0.15, 0.2) is 48.5 Å². The van der Waals surface area contributed by atoms with Gasteiger partial charge in [0.25, 0.3) is 5.91 Å². The Bertz CT molecular complexity index is 622. The van der Waals surface area contributed by atoms with Gasteiger partial charge in [-0.25, -0.2) is 0 Å². The number of hydrogen-bond donors (Lipinski definition) is 1. The van der Waals surface area contributed by atoms with Crippen LogP contribution in [-0.2, 0) is 0 Å². The van der Waals surface area contributed by atoms with Crippen LogP contribution < -0.4 is 14.8 Å². The van der Waals surface area contributed by atoms with Crippen LogP contribution >= 0.6 is 0 Å². The van der Waals surface area contributed by atoms with Gasteiger partial charge in [0.2, 0.25) is 0 Å². The summed E-state index contributed by atoms with van der Waals surface area (Å²) in [4.78, 5) is 12.1. The molecule has 0 aliphatic heterocycles. The number of benzene rings is 2. The smallest absolute Gasteiger partial charge is 0.251 e. The molecule has 2 aromatic rings. The Morgan fingerprint density at radius 2 is 1.82 bits per heavy atom. The van der Waals surface area contributed by atoms with Crippen LogP contribution in [0.25, 0.3) is 0 Å². The summed E-state index contributed by atoms with van der Waals surface area (Å²) in [5.74, 6) is 1.45. The molecular formula is C18H21NO3. The third-order valence-corrected chi connectivity index (χ3v) is 3.31. The zero-order valence-electron chi connectivity index (χ0n) is 13.1. The van der Waals surface area contributed by atoms with Gasteiger partial charge in [0, 0.05) is 5.56 Å². The van der Waals surface area contributed by atoms with Crippen LogP contribution in [0.1, 0.15) is 22.8 Å². The molecule has 4 nitrogen and oxygen atoms in total. The first-order valence-corrected chi connectivity index (χ1v) is 7.23. The van der Waals surface area contributed by atoms with E-state index in [4.69, 9.17) is 9.47 Å². The fourth-order valence-corrected chi connectivity index (χ4v) is 2.02. The molecule has 0 aromatic heterocycles. The SMILES string of the molecule is COc1ccc(C(=O)N[C@@H](C)COc2ccccc2C)cc1. The molecule has 22 heavy (non-hydrogen) atoms. The highest BCUT2D eigenvalue weighted by molar-refractivity contribution is 5.94. The van der Waals surface area contributed by atoms with Gasteiger partial charge in [-0.1, -0.05) is 18.2 Å². The number of nitrogens with one attached hydrogen (secondary N) is 1. The largest absolute Gasteiger partial charge is 0.497 e. The van der Waals surface area contributed by atoms with Gasteiger partial charge in [0.1, 0.15) is 18.1 Å². The predicted octanol–water partition coefficient (Wildman–Crippen LogP) is 3.20. The summed E-state index contributed by atoms with van der Waals surface area (Å²) < 4.78 is 10.8. The molecule has 0 radical (unpaired) electrons. The Morgan fingerprint density at radius 1 is 1.14 bits per heavy atom. The average molecular weight is 299 g/mol. The molecule has 2 aromatic carbocycles. The second-order valence-electron chi connectivity index (χ2n) is 5.18. The first kappa shape index (κ1) is 15.9.